The molecule has 0 spiro atoms. The first kappa shape index (κ1) is 34.6. The van der Waals surface area contributed by atoms with Crippen LogP contribution < -0.4 is 19.5 Å². The van der Waals surface area contributed by atoms with Crippen LogP contribution in [0.15, 0.2) is 47.8 Å². The third-order valence-electron chi connectivity index (χ3n) is 5.20. The number of rotatable bonds is 18. The molecule has 0 saturated heterocycles. The summed E-state index contributed by atoms with van der Waals surface area (Å²) in [5, 5.41) is 5.30. The van der Waals surface area contributed by atoms with Gasteiger partial charge in [0.15, 0.2) is 16.8 Å². The topological polar surface area (TPSA) is 174 Å². The first-order chi connectivity index (χ1) is 20.5. The summed E-state index contributed by atoms with van der Waals surface area (Å²) in [5.41, 5.74) is -0.372. The van der Waals surface area contributed by atoms with Crippen LogP contribution in [0.5, 0.6) is 17.2 Å². The molecule has 0 amide bonds. The molecule has 234 valence electrons. The molecule has 0 heterocycles. The molecule has 0 atom stereocenters. The Morgan fingerprint density at radius 2 is 1.58 bits per heavy atom. The lowest BCUT2D eigenvalue weighted by Gasteiger charge is -2.19. The van der Waals surface area contributed by atoms with Gasteiger partial charge in [-0.3, -0.25) is 14.9 Å². The Labute approximate surface area is 248 Å². The Hall–Kier alpha value is -4.56. The molecule has 2 rings (SSSR count). The van der Waals surface area contributed by atoms with E-state index in [0.717, 1.165) is 0 Å². The van der Waals surface area contributed by atoms with Gasteiger partial charge in [-0.15, -0.1) is 4.91 Å². The number of hydrogen-bond acceptors (Lipinski definition) is 14. The van der Waals surface area contributed by atoms with Crippen molar-refractivity contribution < 1.29 is 52.4 Å². The lowest BCUT2D eigenvalue weighted by Crippen LogP contribution is -2.29. The fourth-order valence-corrected chi connectivity index (χ4v) is 3.20. The van der Waals surface area contributed by atoms with Crippen molar-refractivity contribution in [2.24, 2.45) is 5.34 Å². The molecule has 2 aromatic carbocycles. The third-order valence-corrected chi connectivity index (χ3v) is 5.20. The van der Waals surface area contributed by atoms with Crippen LogP contribution in [-0.2, 0) is 28.6 Å². The molecule has 14 nitrogen and oxygen atoms in total. The van der Waals surface area contributed by atoms with Crippen molar-refractivity contribution in [2.75, 3.05) is 33.3 Å². The van der Waals surface area contributed by atoms with E-state index in [9.17, 15) is 24.1 Å². The van der Waals surface area contributed by atoms with E-state index in [1.165, 1.54) is 37.3 Å². The van der Waals surface area contributed by atoms with Gasteiger partial charge in [0, 0.05) is 13.5 Å². The van der Waals surface area contributed by atoms with Gasteiger partial charge in [0.05, 0.1) is 30.9 Å². The molecular formula is C29H36N2O12. The van der Waals surface area contributed by atoms with Gasteiger partial charge < -0.3 is 33.3 Å². The van der Waals surface area contributed by atoms with Crippen molar-refractivity contribution in [3.05, 3.63) is 58.5 Å². The van der Waals surface area contributed by atoms with Crippen molar-refractivity contribution in [1.29, 1.82) is 0 Å². The predicted octanol–water partition coefficient (Wildman–Crippen LogP) is 4.10. The molecule has 0 radical (unpaired) electrons. The standard InChI is InChI=1S/C29H36N2O12/c1-20(32)42-23-10-6-5-9-22(23)28(35)39-19-38-27(34)21-11-12-24(37-15-7-8-16-41-31-36)25(17-21)43-26(33)13-14-30-18-40-29(2,3)4/h5-6,9-12,17,30H,7-8,13-16,18-19H2,1-4H3. The quantitative estimate of drug-likeness (QED) is 0.0644. The summed E-state index contributed by atoms with van der Waals surface area (Å²) in [6.45, 7) is 7.03. The lowest BCUT2D eigenvalue weighted by molar-refractivity contribution is -0.134. The van der Waals surface area contributed by atoms with Crippen LogP contribution in [-0.4, -0.2) is 62.8 Å². The SMILES string of the molecule is CC(=O)Oc1ccccc1C(=O)OCOC(=O)c1ccc(OCCCCON=O)c(OC(=O)CCNCOC(C)(C)C)c1. The van der Waals surface area contributed by atoms with Gasteiger partial charge in [0.25, 0.3) is 0 Å². The Kier molecular flexibility index (Phi) is 14.6. The highest BCUT2D eigenvalue weighted by Gasteiger charge is 2.19. The van der Waals surface area contributed by atoms with E-state index >= 15 is 0 Å². The molecule has 0 aliphatic rings. The van der Waals surface area contributed by atoms with Gasteiger partial charge in [0.2, 0.25) is 6.79 Å². The Morgan fingerprint density at radius 3 is 2.30 bits per heavy atom. The van der Waals surface area contributed by atoms with E-state index in [0.29, 0.717) is 12.8 Å². The van der Waals surface area contributed by atoms with Gasteiger partial charge in [-0.05, 0) is 63.9 Å². The van der Waals surface area contributed by atoms with Crippen LogP contribution >= 0.6 is 0 Å². The predicted molar refractivity (Wildman–Crippen MR) is 150 cm³/mol. The maximum atomic E-state index is 12.7. The van der Waals surface area contributed by atoms with Gasteiger partial charge in [-0.1, -0.05) is 12.1 Å². The molecule has 0 aromatic heterocycles. The van der Waals surface area contributed by atoms with Gasteiger partial charge in [0.1, 0.15) is 17.9 Å². The zero-order chi connectivity index (χ0) is 31.7. The number of carbonyl (C=O) groups is 4. The summed E-state index contributed by atoms with van der Waals surface area (Å²) in [4.78, 5) is 63.3. The van der Waals surface area contributed by atoms with E-state index in [1.807, 2.05) is 20.8 Å². The molecule has 0 fully saturated rings. The largest absolute Gasteiger partial charge is 0.490 e. The normalized spacial score (nSPS) is 10.8. The number of benzene rings is 2. The number of unbranched alkanes of at least 4 members (excludes halogenated alkanes) is 1. The van der Waals surface area contributed by atoms with Gasteiger partial charge in [-0.25, -0.2) is 9.59 Å². The van der Waals surface area contributed by atoms with Crippen molar-refractivity contribution >= 4 is 23.9 Å². The smallest absolute Gasteiger partial charge is 0.344 e. The van der Waals surface area contributed by atoms with Crippen LogP contribution in [0.2, 0.25) is 0 Å². The van der Waals surface area contributed by atoms with Crippen molar-refractivity contribution in [2.45, 2.75) is 52.6 Å². The molecule has 43 heavy (non-hydrogen) atoms. The second kappa shape index (κ2) is 18.1. The lowest BCUT2D eigenvalue weighted by atomic mass is 10.2. The summed E-state index contributed by atoms with van der Waals surface area (Å²) in [5.74, 6) is -2.79. The molecular weight excluding hydrogens is 568 g/mol. The molecule has 0 saturated carbocycles. The van der Waals surface area contributed by atoms with E-state index in [4.69, 9.17) is 28.4 Å². The Balaban J connectivity index is 2.01. The van der Waals surface area contributed by atoms with Gasteiger partial charge >= 0.3 is 23.9 Å². The summed E-state index contributed by atoms with van der Waals surface area (Å²) < 4.78 is 31.8. The molecule has 0 aliphatic carbocycles. The highest BCUT2D eigenvalue weighted by atomic mass is 16.7. The summed E-state index contributed by atoms with van der Waals surface area (Å²) in [7, 11) is 0. The average Bonchev–Trinajstić information content (AvgIpc) is 2.94. The molecule has 0 bridgehead atoms. The third kappa shape index (κ3) is 13.8. The Morgan fingerprint density at radius 1 is 0.860 bits per heavy atom. The number of nitrogens with one attached hydrogen (secondary N) is 1. The second-order valence-electron chi connectivity index (χ2n) is 9.82. The molecule has 2 aromatic rings. The maximum Gasteiger partial charge on any atom is 0.344 e. The van der Waals surface area contributed by atoms with Crippen molar-refractivity contribution in [3.8, 4) is 17.2 Å². The minimum absolute atomic E-state index is 0.00164. The number of nitrogens with zero attached hydrogens (tertiary/aromatic N) is 1. The second-order valence-corrected chi connectivity index (χ2v) is 9.82. The van der Waals surface area contributed by atoms with E-state index in [-0.39, 0.29) is 66.9 Å². The zero-order valence-corrected chi connectivity index (χ0v) is 24.5. The fourth-order valence-electron chi connectivity index (χ4n) is 3.20. The zero-order valence-electron chi connectivity index (χ0n) is 24.5. The van der Waals surface area contributed by atoms with E-state index in [1.54, 1.807) is 12.1 Å². The van der Waals surface area contributed by atoms with Crippen molar-refractivity contribution in [1.82, 2.24) is 5.32 Å². The number of esters is 4. The Bertz CT molecular complexity index is 1240. The summed E-state index contributed by atoms with van der Waals surface area (Å²) in [6, 6.07) is 10.0. The number of para-hydroxylation sites is 1. The van der Waals surface area contributed by atoms with Crippen molar-refractivity contribution in [3.63, 3.8) is 0 Å². The average molecular weight is 605 g/mol. The van der Waals surface area contributed by atoms with Gasteiger partial charge in [-0.2, -0.15) is 0 Å². The summed E-state index contributed by atoms with van der Waals surface area (Å²) in [6.07, 6.45) is 1.01. The van der Waals surface area contributed by atoms with E-state index in [2.05, 4.69) is 15.5 Å². The number of hydrogen-bond donors (Lipinski definition) is 1. The molecule has 1 N–H and O–H groups in total. The molecule has 0 aliphatic heterocycles. The van der Waals surface area contributed by atoms with Crippen LogP contribution in [0.3, 0.4) is 0 Å². The van der Waals surface area contributed by atoms with Crippen LogP contribution in [0, 0.1) is 4.91 Å². The fraction of sp³-hybridized carbons (Fsp3) is 0.448. The summed E-state index contributed by atoms with van der Waals surface area (Å²) >= 11 is 0. The maximum absolute atomic E-state index is 12.7. The van der Waals surface area contributed by atoms with Crippen LogP contribution in [0.25, 0.3) is 0 Å². The highest BCUT2D eigenvalue weighted by molar-refractivity contribution is 5.94. The minimum atomic E-state index is -0.876. The number of ether oxygens (including phenoxy) is 6. The van der Waals surface area contributed by atoms with Crippen LogP contribution in [0.4, 0.5) is 0 Å². The van der Waals surface area contributed by atoms with E-state index < -0.39 is 30.7 Å². The highest BCUT2D eigenvalue weighted by Crippen LogP contribution is 2.29. The number of carbonyl (C=O) groups excluding carboxylic acids is 4. The first-order valence-electron chi connectivity index (χ1n) is 13.4. The monoisotopic (exact) mass is 604 g/mol. The molecule has 0 unspecified atom stereocenters. The molecule has 14 heteroatoms. The van der Waals surface area contributed by atoms with Crippen LogP contribution in [0.1, 0.15) is 67.7 Å². The minimum Gasteiger partial charge on any atom is -0.490 e. The first-order valence-corrected chi connectivity index (χ1v) is 13.4.